The molecule has 0 bridgehead atoms. The molecule has 0 N–H and O–H groups in total. The van der Waals surface area contributed by atoms with Gasteiger partial charge in [0.1, 0.15) is 5.82 Å². The number of carbonyl (C=O) groups is 1. The van der Waals surface area contributed by atoms with Gasteiger partial charge in [0, 0.05) is 47.1 Å². The number of nitrogens with zero attached hydrogens (tertiary/aromatic N) is 4. The highest BCUT2D eigenvalue weighted by Crippen LogP contribution is 2.24. The Balaban J connectivity index is 1.31. The number of hydrogen-bond acceptors (Lipinski definition) is 4. The lowest BCUT2D eigenvalue weighted by Crippen LogP contribution is -2.38. The molecule has 4 rings (SSSR count). The molecule has 3 aromatic rings. The highest BCUT2D eigenvalue weighted by atomic mass is 32.2. The molecule has 1 aliphatic heterocycles. The largest absolute Gasteiger partial charge is 0.343 e. The summed E-state index contributed by atoms with van der Waals surface area (Å²) in [5.41, 5.74) is 2.88. The van der Waals surface area contributed by atoms with Crippen LogP contribution in [0.4, 0.5) is 0 Å². The lowest BCUT2D eigenvalue weighted by atomic mass is 9.90. The summed E-state index contributed by atoms with van der Waals surface area (Å²) in [5, 5.41) is 0. The standard InChI is InChI=1S/C26H34N4O3S/c1-28(2)34(32,33)22-11-12-24-23(19-22)27-25(29(24)3)13-14-26(31)30-17-15-21(16-18-30)10-9-20-7-5-4-6-8-20/h4-8,11-12,19,21H,9-10,13-18H2,1-3H3. The van der Waals surface area contributed by atoms with Gasteiger partial charge in [-0.2, -0.15) is 0 Å². The molecule has 1 aromatic heterocycles. The molecule has 34 heavy (non-hydrogen) atoms. The number of piperidine rings is 1. The van der Waals surface area contributed by atoms with E-state index in [0.717, 1.165) is 43.7 Å². The molecule has 1 aliphatic rings. The van der Waals surface area contributed by atoms with E-state index in [1.165, 1.54) is 30.4 Å². The average Bonchev–Trinajstić information content (AvgIpc) is 3.16. The number of hydrogen-bond donors (Lipinski definition) is 0. The predicted octanol–water partition coefficient (Wildman–Crippen LogP) is 3.63. The summed E-state index contributed by atoms with van der Waals surface area (Å²) in [6.07, 6.45) is 5.35. The second-order valence-electron chi connectivity index (χ2n) is 9.37. The first-order valence-electron chi connectivity index (χ1n) is 12.0. The molecule has 182 valence electrons. The Morgan fingerprint density at radius 3 is 2.44 bits per heavy atom. The first-order chi connectivity index (χ1) is 16.3. The van der Waals surface area contributed by atoms with Crippen LogP contribution in [-0.2, 0) is 34.7 Å². The Kier molecular flexibility index (Phi) is 7.38. The number of aryl methyl sites for hydroxylation is 3. The third kappa shape index (κ3) is 5.33. The maximum atomic E-state index is 12.8. The number of fused-ring (bicyclic) bond motifs is 1. The van der Waals surface area contributed by atoms with Crippen molar-refractivity contribution in [2.24, 2.45) is 13.0 Å². The fraction of sp³-hybridized carbons (Fsp3) is 0.462. The van der Waals surface area contributed by atoms with Gasteiger partial charge in [-0.15, -0.1) is 0 Å². The van der Waals surface area contributed by atoms with Gasteiger partial charge in [0.2, 0.25) is 15.9 Å². The summed E-state index contributed by atoms with van der Waals surface area (Å²) in [6.45, 7) is 1.65. The molecule has 2 heterocycles. The molecule has 7 nitrogen and oxygen atoms in total. The third-order valence-electron chi connectivity index (χ3n) is 6.94. The topological polar surface area (TPSA) is 75.5 Å². The summed E-state index contributed by atoms with van der Waals surface area (Å²) in [7, 11) is 1.43. The number of sulfonamides is 1. The molecule has 1 saturated heterocycles. The number of carbonyl (C=O) groups excluding carboxylic acids is 1. The van der Waals surface area contributed by atoms with Crippen LogP contribution in [-0.4, -0.2) is 60.3 Å². The summed E-state index contributed by atoms with van der Waals surface area (Å²) >= 11 is 0. The van der Waals surface area contributed by atoms with Crippen molar-refractivity contribution in [3.05, 3.63) is 59.9 Å². The van der Waals surface area contributed by atoms with Crippen molar-refractivity contribution in [1.29, 1.82) is 0 Å². The smallest absolute Gasteiger partial charge is 0.242 e. The van der Waals surface area contributed by atoms with Crippen molar-refractivity contribution >= 4 is 27.0 Å². The Bertz CT molecular complexity index is 1240. The van der Waals surface area contributed by atoms with Crippen LogP contribution in [0.3, 0.4) is 0 Å². The first kappa shape index (κ1) is 24.4. The van der Waals surface area contributed by atoms with E-state index in [0.29, 0.717) is 24.3 Å². The maximum Gasteiger partial charge on any atom is 0.242 e. The molecule has 0 aliphatic carbocycles. The van der Waals surface area contributed by atoms with Gasteiger partial charge in [-0.3, -0.25) is 4.79 Å². The average molecular weight is 483 g/mol. The zero-order chi connectivity index (χ0) is 24.3. The van der Waals surface area contributed by atoms with Gasteiger partial charge in [-0.05, 0) is 55.4 Å². The van der Waals surface area contributed by atoms with Crippen LogP contribution in [0.25, 0.3) is 11.0 Å². The Morgan fingerprint density at radius 2 is 1.76 bits per heavy atom. The number of benzene rings is 2. The van der Waals surface area contributed by atoms with Crippen molar-refractivity contribution in [3.63, 3.8) is 0 Å². The minimum absolute atomic E-state index is 0.171. The van der Waals surface area contributed by atoms with Crippen LogP contribution >= 0.6 is 0 Å². The Morgan fingerprint density at radius 1 is 1.06 bits per heavy atom. The lowest BCUT2D eigenvalue weighted by Gasteiger charge is -2.32. The van der Waals surface area contributed by atoms with Gasteiger partial charge >= 0.3 is 0 Å². The minimum Gasteiger partial charge on any atom is -0.343 e. The zero-order valence-electron chi connectivity index (χ0n) is 20.3. The highest BCUT2D eigenvalue weighted by molar-refractivity contribution is 7.89. The molecule has 0 radical (unpaired) electrons. The predicted molar refractivity (Wildman–Crippen MR) is 134 cm³/mol. The summed E-state index contributed by atoms with van der Waals surface area (Å²) in [4.78, 5) is 19.7. The lowest BCUT2D eigenvalue weighted by molar-refractivity contribution is -0.132. The first-order valence-corrected chi connectivity index (χ1v) is 13.4. The van der Waals surface area contributed by atoms with Gasteiger partial charge in [0.05, 0.1) is 15.9 Å². The number of aromatic nitrogens is 2. The molecule has 0 spiro atoms. The quantitative estimate of drug-likeness (QED) is 0.491. The van der Waals surface area contributed by atoms with Crippen LogP contribution in [0.15, 0.2) is 53.4 Å². The monoisotopic (exact) mass is 482 g/mol. The van der Waals surface area contributed by atoms with Crippen molar-refractivity contribution in [1.82, 2.24) is 18.8 Å². The van der Waals surface area contributed by atoms with Crippen LogP contribution in [0, 0.1) is 5.92 Å². The minimum atomic E-state index is -3.51. The van der Waals surface area contributed by atoms with Crippen molar-refractivity contribution < 1.29 is 13.2 Å². The summed E-state index contributed by atoms with van der Waals surface area (Å²) in [6, 6.07) is 15.6. The Labute approximate surface area is 202 Å². The van der Waals surface area contributed by atoms with E-state index in [1.54, 1.807) is 18.2 Å². The molecule has 1 fully saturated rings. The molecule has 1 amide bonds. The fourth-order valence-electron chi connectivity index (χ4n) is 4.69. The Hall–Kier alpha value is -2.71. The molecular formula is C26H34N4O3S. The molecule has 0 saturated carbocycles. The molecule has 0 atom stereocenters. The second-order valence-corrected chi connectivity index (χ2v) is 11.5. The second kappa shape index (κ2) is 10.3. The highest BCUT2D eigenvalue weighted by Gasteiger charge is 2.23. The van der Waals surface area contributed by atoms with Gasteiger partial charge in [-0.25, -0.2) is 17.7 Å². The number of likely N-dealkylation sites (tertiary alicyclic amines) is 1. The molecule has 0 unspecified atom stereocenters. The third-order valence-corrected chi connectivity index (χ3v) is 8.75. The van der Waals surface area contributed by atoms with Crippen LogP contribution in [0.5, 0.6) is 0 Å². The molecule has 2 aromatic carbocycles. The summed E-state index contributed by atoms with van der Waals surface area (Å²) < 4.78 is 28.0. The van der Waals surface area contributed by atoms with Crippen LogP contribution < -0.4 is 0 Å². The van der Waals surface area contributed by atoms with E-state index >= 15 is 0 Å². The number of amides is 1. The molecular weight excluding hydrogens is 448 g/mol. The zero-order valence-corrected chi connectivity index (χ0v) is 21.1. The van der Waals surface area contributed by atoms with E-state index in [4.69, 9.17) is 0 Å². The van der Waals surface area contributed by atoms with E-state index < -0.39 is 10.0 Å². The van der Waals surface area contributed by atoms with E-state index in [1.807, 2.05) is 22.6 Å². The van der Waals surface area contributed by atoms with Crippen LogP contribution in [0.2, 0.25) is 0 Å². The van der Waals surface area contributed by atoms with Gasteiger partial charge in [0.15, 0.2) is 0 Å². The van der Waals surface area contributed by atoms with Gasteiger partial charge in [-0.1, -0.05) is 30.3 Å². The van der Waals surface area contributed by atoms with E-state index in [-0.39, 0.29) is 10.8 Å². The van der Waals surface area contributed by atoms with E-state index in [2.05, 4.69) is 29.2 Å². The van der Waals surface area contributed by atoms with Crippen molar-refractivity contribution in [2.45, 2.75) is 43.4 Å². The summed E-state index contributed by atoms with van der Waals surface area (Å²) in [5.74, 6) is 1.64. The molecule has 8 heteroatoms. The van der Waals surface area contributed by atoms with E-state index in [9.17, 15) is 13.2 Å². The SMILES string of the molecule is CN(C)S(=O)(=O)c1ccc2c(c1)nc(CCC(=O)N1CCC(CCc3ccccc3)CC1)n2C. The maximum absolute atomic E-state index is 12.8. The number of rotatable bonds is 8. The number of imidazole rings is 1. The van der Waals surface area contributed by atoms with Gasteiger partial charge < -0.3 is 9.47 Å². The van der Waals surface area contributed by atoms with Crippen molar-refractivity contribution in [3.8, 4) is 0 Å². The normalized spacial score (nSPS) is 15.4. The fourth-order valence-corrected chi connectivity index (χ4v) is 5.61. The van der Waals surface area contributed by atoms with Gasteiger partial charge in [0.25, 0.3) is 0 Å². The van der Waals surface area contributed by atoms with Crippen LogP contribution in [0.1, 0.15) is 37.1 Å². The van der Waals surface area contributed by atoms with Crippen molar-refractivity contribution in [2.75, 3.05) is 27.2 Å².